The molecule has 0 saturated heterocycles. The molecular formula is C13H14INO. The molecule has 84 valence electrons. The van der Waals surface area contributed by atoms with Gasteiger partial charge in [-0.1, -0.05) is 30.3 Å². The van der Waals surface area contributed by atoms with E-state index < -0.39 is 0 Å². The van der Waals surface area contributed by atoms with Gasteiger partial charge in [0.15, 0.2) is 3.77 Å². The minimum absolute atomic E-state index is 0.337. The van der Waals surface area contributed by atoms with Gasteiger partial charge in [-0.25, -0.2) is 0 Å². The molecule has 0 fully saturated rings. The predicted octanol–water partition coefficient (Wildman–Crippen LogP) is 3.74. The molecule has 0 bridgehead atoms. The zero-order valence-electron chi connectivity index (χ0n) is 9.11. The van der Waals surface area contributed by atoms with E-state index in [1.54, 1.807) is 0 Å². The van der Waals surface area contributed by atoms with Crippen LogP contribution in [0.3, 0.4) is 0 Å². The lowest BCUT2D eigenvalue weighted by Gasteiger charge is -2.12. The van der Waals surface area contributed by atoms with Crippen molar-refractivity contribution in [3.63, 3.8) is 0 Å². The van der Waals surface area contributed by atoms with E-state index in [1.165, 1.54) is 5.56 Å². The number of hydrogen-bond acceptors (Lipinski definition) is 2. The molecule has 0 saturated carbocycles. The molecule has 0 radical (unpaired) electrons. The van der Waals surface area contributed by atoms with Crippen molar-refractivity contribution in [2.45, 2.75) is 19.5 Å². The van der Waals surface area contributed by atoms with Crippen LogP contribution in [-0.4, -0.2) is 0 Å². The summed E-state index contributed by atoms with van der Waals surface area (Å²) in [7, 11) is 0. The van der Waals surface area contributed by atoms with Crippen LogP contribution in [0.15, 0.2) is 46.9 Å². The molecule has 0 aliphatic heterocycles. The monoisotopic (exact) mass is 327 g/mol. The fourth-order valence-electron chi connectivity index (χ4n) is 1.56. The van der Waals surface area contributed by atoms with Gasteiger partial charge < -0.3 is 9.73 Å². The predicted molar refractivity (Wildman–Crippen MR) is 73.1 cm³/mol. The van der Waals surface area contributed by atoms with Gasteiger partial charge in [-0.3, -0.25) is 0 Å². The van der Waals surface area contributed by atoms with Gasteiger partial charge in [0.2, 0.25) is 0 Å². The first-order chi connectivity index (χ1) is 7.75. The van der Waals surface area contributed by atoms with E-state index in [4.69, 9.17) is 4.42 Å². The molecule has 1 atom stereocenters. The average Bonchev–Trinajstić information content (AvgIpc) is 2.73. The fourth-order valence-corrected chi connectivity index (χ4v) is 2.02. The minimum atomic E-state index is 0.337. The topological polar surface area (TPSA) is 25.2 Å². The zero-order valence-corrected chi connectivity index (χ0v) is 11.3. The quantitative estimate of drug-likeness (QED) is 0.866. The van der Waals surface area contributed by atoms with Gasteiger partial charge in [0.25, 0.3) is 0 Å². The molecule has 1 aromatic heterocycles. The van der Waals surface area contributed by atoms with E-state index in [1.807, 2.05) is 18.2 Å². The summed E-state index contributed by atoms with van der Waals surface area (Å²) in [5, 5.41) is 3.43. The summed E-state index contributed by atoms with van der Waals surface area (Å²) >= 11 is 2.17. The number of nitrogens with one attached hydrogen (secondary N) is 1. The summed E-state index contributed by atoms with van der Waals surface area (Å²) in [5.41, 5.74) is 1.30. The molecule has 0 aliphatic carbocycles. The summed E-state index contributed by atoms with van der Waals surface area (Å²) in [6, 6.07) is 14.7. The Morgan fingerprint density at radius 1 is 1.19 bits per heavy atom. The summed E-state index contributed by atoms with van der Waals surface area (Å²) in [6.45, 7) is 2.92. The Balaban J connectivity index is 1.91. The van der Waals surface area contributed by atoms with E-state index >= 15 is 0 Å². The molecule has 0 spiro atoms. The minimum Gasteiger partial charge on any atom is -0.454 e. The highest BCUT2D eigenvalue weighted by molar-refractivity contribution is 14.1. The van der Waals surface area contributed by atoms with Crippen LogP contribution < -0.4 is 5.32 Å². The number of furan rings is 1. The second-order valence-corrected chi connectivity index (χ2v) is 4.78. The smallest absolute Gasteiger partial charge is 0.164 e. The lowest BCUT2D eigenvalue weighted by molar-refractivity contribution is 0.445. The third-order valence-electron chi connectivity index (χ3n) is 2.51. The Labute approximate surface area is 109 Å². The Kier molecular flexibility index (Phi) is 4.01. The van der Waals surface area contributed by atoms with Gasteiger partial charge in [0.1, 0.15) is 5.76 Å². The van der Waals surface area contributed by atoms with Crippen molar-refractivity contribution in [2.24, 2.45) is 0 Å². The second-order valence-electron chi connectivity index (χ2n) is 3.72. The van der Waals surface area contributed by atoms with Crippen molar-refractivity contribution in [3.05, 3.63) is 57.6 Å². The van der Waals surface area contributed by atoms with E-state index in [9.17, 15) is 0 Å². The van der Waals surface area contributed by atoms with Crippen LogP contribution in [0.4, 0.5) is 0 Å². The number of hydrogen-bond donors (Lipinski definition) is 1. The maximum absolute atomic E-state index is 5.49. The summed E-state index contributed by atoms with van der Waals surface area (Å²) < 4.78 is 6.43. The van der Waals surface area contributed by atoms with Crippen LogP contribution in [0.5, 0.6) is 0 Å². The molecule has 0 unspecified atom stereocenters. The molecule has 1 heterocycles. The van der Waals surface area contributed by atoms with Crippen LogP contribution in [0, 0.1) is 3.77 Å². The lowest BCUT2D eigenvalue weighted by atomic mass is 10.1. The van der Waals surface area contributed by atoms with Gasteiger partial charge in [0.05, 0.1) is 6.54 Å². The van der Waals surface area contributed by atoms with Crippen LogP contribution in [-0.2, 0) is 6.54 Å². The third-order valence-corrected chi connectivity index (χ3v) is 3.09. The zero-order chi connectivity index (χ0) is 11.4. The molecule has 16 heavy (non-hydrogen) atoms. The second kappa shape index (κ2) is 5.50. The molecule has 2 nitrogen and oxygen atoms in total. The molecule has 2 rings (SSSR count). The Morgan fingerprint density at radius 3 is 2.56 bits per heavy atom. The third kappa shape index (κ3) is 3.09. The Hall–Kier alpha value is -0.810. The molecular weight excluding hydrogens is 313 g/mol. The van der Waals surface area contributed by atoms with Gasteiger partial charge in [0, 0.05) is 6.04 Å². The van der Waals surface area contributed by atoms with Crippen LogP contribution >= 0.6 is 22.6 Å². The van der Waals surface area contributed by atoms with Crippen molar-refractivity contribution >= 4 is 22.6 Å². The van der Waals surface area contributed by atoms with Crippen molar-refractivity contribution in [2.75, 3.05) is 0 Å². The van der Waals surface area contributed by atoms with E-state index in [0.29, 0.717) is 6.04 Å². The summed E-state index contributed by atoms with van der Waals surface area (Å²) in [5.74, 6) is 0.979. The van der Waals surface area contributed by atoms with Crippen molar-refractivity contribution in [1.29, 1.82) is 0 Å². The maximum atomic E-state index is 5.49. The first-order valence-electron chi connectivity index (χ1n) is 5.28. The Bertz CT molecular complexity index is 438. The first-order valence-corrected chi connectivity index (χ1v) is 6.36. The van der Waals surface area contributed by atoms with Crippen LogP contribution in [0.1, 0.15) is 24.3 Å². The standard InChI is InChI=1S/C13H14INO/c1-10(11-5-3-2-4-6-11)15-9-12-7-8-13(14)16-12/h2-8,10,15H,9H2,1H3/t10-/m0/s1. The van der Waals surface area contributed by atoms with Gasteiger partial charge in [-0.2, -0.15) is 0 Å². The summed E-state index contributed by atoms with van der Waals surface area (Å²) in [6.07, 6.45) is 0. The molecule has 1 aromatic carbocycles. The normalized spacial score (nSPS) is 12.6. The average molecular weight is 327 g/mol. The maximum Gasteiger partial charge on any atom is 0.164 e. The van der Waals surface area contributed by atoms with Crippen LogP contribution in [0.2, 0.25) is 0 Å². The highest BCUT2D eigenvalue weighted by Gasteiger charge is 2.05. The number of benzene rings is 1. The molecule has 3 heteroatoms. The van der Waals surface area contributed by atoms with Crippen LogP contribution in [0.25, 0.3) is 0 Å². The fraction of sp³-hybridized carbons (Fsp3) is 0.231. The van der Waals surface area contributed by atoms with Crippen molar-refractivity contribution < 1.29 is 4.42 Å². The summed E-state index contributed by atoms with van der Waals surface area (Å²) in [4.78, 5) is 0. The van der Waals surface area contributed by atoms with Gasteiger partial charge >= 0.3 is 0 Å². The molecule has 1 N–H and O–H groups in total. The van der Waals surface area contributed by atoms with Crippen molar-refractivity contribution in [3.8, 4) is 0 Å². The Morgan fingerprint density at radius 2 is 1.94 bits per heavy atom. The van der Waals surface area contributed by atoms with E-state index in [-0.39, 0.29) is 0 Å². The molecule has 0 amide bonds. The largest absolute Gasteiger partial charge is 0.454 e. The number of rotatable bonds is 4. The van der Waals surface area contributed by atoms with Crippen molar-refractivity contribution in [1.82, 2.24) is 5.32 Å². The van der Waals surface area contributed by atoms with Gasteiger partial charge in [-0.05, 0) is 47.2 Å². The SMILES string of the molecule is C[C@H](NCc1ccc(I)o1)c1ccccc1. The first kappa shape index (κ1) is 11.7. The molecule has 0 aliphatic rings. The lowest BCUT2D eigenvalue weighted by Crippen LogP contribution is -2.17. The van der Waals surface area contributed by atoms with E-state index in [0.717, 1.165) is 16.1 Å². The highest BCUT2D eigenvalue weighted by atomic mass is 127. The van der Waals surface area contributed by atoms with Gasteiger partial charge in [-0.15, -0.1) is 0 Å². The molecule has 2 aromatic rings. The highest BCUT2D eigenvalue weighted by Crippen LogP contribution is 2.14. The number of halogens is 1. The van der Waals surface area contributed by atoms with E-state index in [2.05, 4.69) is 59.1 Å².